The molecule has 1 unspecified atom stereocenters. The van der Waals surface area contributed by atoms with Gasteiger partial charge in [0, 0.05) is 17.7 Å². The Labute approximate surface area is 144 Å². The summed E-state index contributed by atoms with van der Waals surface area (Å²) in [7, 11) is -4.42. The van der Waals surface area contributed by atoms with Gasteiger partial charge in [0.1, 0.15) is 23.0 Å². The lowest BCUT2D eigenvalue weighted by Gasteiger charge is -2.37. The van der Waals surface area contributed by atoms with Crippen LogP contribution in [0.15, 0.2) is 41.3 Å². The molecule has 8 heteroatoms. The predicted octanol–water partition coefficient (Wildman–Crippen LogP) is 3.13. The largest absolute Gasteiger partial charge is 0.487 e. The second kappa shape index (κ2) is 5.96. The van der Waals surface area contributed by atoms with Crippen molar-refractivity contribution < 1.29 is 21.9 Å². The molecule has 0 fully saturated rings. The van der Waals surface area contributed by atoms with E-state index in [0.717, 1.165) is 18.2 Å². The number of nitrogen functional groups attached to an aromatic ring is 1. The molecule has 0 saturated carbocycles. The van der Waals surface area contributed by atoms with Crippen molar-refractivity contribution >= 4 is 15.7 Å². The molecule has 0 aromatic heterocycles. The second-order valence-electron chi connectivity index (χ2n) is 6.59. The van der Waals surface area contributed by atoms with Crippen LogP contribution >= 0.6 is 0 Å². The van der Waals surface area contributed by atoms with E-state index in [1.807, 2.05) is 0 Å². The Morgan fingerprint density at radius 1 is 1.20 bits per heavy atom. The summed E-state index contributed by atoms with van der Waals surface area (Å²) in [5.41, 5.74) is 6.08. The molecule has 1 aliphatic rings. The van der Waals surface area contributed by atoms with Crippen LogP contribution in [0.25, 0.3) is 0 Å². The van der Waals surface area contributed by atoms with Crippen LogP contribution in [0.3, 0.4) is 0 Å². The Hall–Kier alpha value is -2.19. The summed E-state index contributed by atoms with van der Waals surface area (Å²) in [6.45, 7) is 3.61. The van der Waals surface area contributed by atoms with E-state index in [2.05, 4.69) is 4.72 Å². The maximum atomic E-state index is 13.9. The Morgan fingerprint density at radius 3 is 2.48 bits per heavy atom. The number of fused-ring (bicyclic) bond motifs is 1. The first-order chi connectivity index (χ1) is 11.6. The van der Waals surface area contributed by atoms with Gasteiger partial charge >= 0.3 is 0 Å². The van der Waals surface area contributed by atoms with E-state index in [4.69, 9.17) is 10.5 Å². The van der Waals surface area contributed by atoms with Crippen LogP contribution in [-0.2, 0) is 10.0 Å². The van der Waals surface area contributed by atoms with Crippen molar-refractivity contribution in [2.45, 2.75) is 36.8 Å². The van der Waals surface area contributed by atoms with Gasteiger partial charge in [-0.25, -0.2) is 21.9 Å². The van der Waals surface area contributed by atoms with Gasteiger partial charge in [0.2, 0.25) is 10.0 Å². The zero-order chi connectivity index (χ0) is 18.4. The normalized spacial score (nSPS) is 19.1. The molecule has 2 aromatic rings. The zero-order valence-corrected chi connectivity index (χ0v) is 14.5. The molecule has 134 valence electrons. The van der Waals surface area contributed by atoms with Crippen molar-refractivity contribution in [3.63, 3.8) is 0 Å². The summed E-state index contributed by atoms with van der Waals surface area (Å²) in [5.74, 6) is -1.81. The van der Waals surface area contributed by atoms with Gasteiger partial charge in [-0.15, -0.1) is 0 Å². The molecule has 25 heavy (non-hydrogen) atoms. The van der Waals surface area contributed by atoms with Crippen LogP contribution in [0.1, 0.15) is 31.9 Å². The number of hydrogen-bond donors (Lipinski definition) is 2. The molecule has 1 atom stereocenters. The first-order valence-corrected chi connectivity index (χ1v) is 9.12. The van der Waals surface area contributed by atoms with E-state index in [1.54, 1.807) is 32.0 Å². The van der Waals surface area contributed by atoms with Gasteiger partial charge in [0.25, 0.3) is 0 Å². The fourth-order valence-electron chi connectivity index (χ4n) is 2.96. The highest BCUT2D eigenvalue weighted by Gasteiger charge is 2.37. The molecular formula is C17H18F2N2O3S. The number of nitrogens with two attached hydrogens (primary N) is 1. The van der Waals surface area contributed by atoms with Gasteiger partial charge < -0.3 is 10.5 Å². The molecule has 1 aliphatic heterocycles. The fourth-order valence-corrected chi connectivity index (χ4v) is 4.32. The molecule has 1 heterocycles. The summed E-state index contributed by atoms with van der Waals surface area (Å²) in [4.78, 5) is -0.996. The summed E-state index contributed by atoms with van der Waals surface area (Å²) in [5, 5.41) is 0. The van der Waals surface area contributed by atoms with Crippen LogP contribution in [0, 0.1) is 11.6 Å². The quantitative estimate of drug-likeness (QED) is 0.816. The number of nitrogens with one attached hydrogen (secondary N) is 1. The Kier molecular flexibility index (Phi) is 4.20. The van der Waals surface area contributed by atoms with Crippen molar-refractivity contribution in [2.75, 3.05) is 5.73 Å². The van der Waals surface area contributed by atoms with Crippen LogP contribution in [0.5, 0.6) is 5.75 Å². The Morgan fingerprint density at radius 2 is 1.84 bits per heavy atom. The third-order valence-corrected chi connectivity index (χ3v) is 5.50. The van der Waals surface area contributed by atoms with E-state index >= 15 is 0 Å². The average molecular weight is 368 g/mol. The zero-order valence-electron chi connectivity index (χ0n) is 13.7. The number of sulfonamides is 1. The number of benzene rings is 2. The van der Waals surface area contributed by atoms with Gasteiger partial charge in [-0.05, 0) is 44.2 Å². The Bertz CT molecular complexity index is 909. The maximum Gasteiger partial charge on any atom is 0.246 e. The molecule has 0 radical (unpaired) electrons. The molecule has 0 saturated heterocycles. The Balaban J connectivity index is 2.04. The molecular weight excluding hydrogens is 350 g/mol. The highest BCUT2D eigenvalue weighted by molar-refractivity contribution is 7.89. The van der Waals surface area contributed by atoms with Crippen molar-refractivity contribution in [2.24, 2.45) is 0 Å². The van der Waals surface area contributed by atoms with Crippen molar-refractivity contribution in [3.05, 3.63) is 53.6 Å². The lowest BCUT2D eigenvalue weighted by molar-refractivity contribution is 0.0702. The number of anilines is 1. The van der Waals surface area contributed by atoms with Gasteiger partial charge in [0.15, 0.2) is 4.90 Å². The molecule has 5 nitrogen and oxygen atoms in total. The standard InChI is InChI=1S/C17H18F2N2O3S/c1-17(2)9-14(11-8-10(20)6-7-15(11)24-17)21-25(22,23)16-12(18)4-3-5-13(16)19/h3-8,14,21H,9,20H2,1-2H3. The van der Waals surface area contributed by atoms with Crippen LogP contribution in [0.2, 0.25) is 0 Å². The molecule has 0 bridgehead atoms. The number of ether oxygens (including phenoxy) is 1. The lowest BCUT2D eigenvalue weighted by Crippen LogP contribution is -2.41. The minimum atomic E-state index is -4.42. The SMILES string of the molecule is CC1(C)CC(NS(=O)(=O)c2c(F)cccc2F)c2cc(N)ccc2O1. The number of halogens is 2. The molecule has 0 spiro atoms. The predicted molar refractivity (Wildman–Crippen MR) is 89.6 cm³/mol. The summed E-state index contributed by atoms with van der Waals surface area (Å²) < 4.78 is 61.2. The van der Waals surface area contributed by atoms with Crippen molar-refractivity contribution in [3.8, 4) is 5.75 Å². The van der Waals surface area contributed by atoms with Crippen LogP contribution < -0.4 is 15.2 Å². The average Bonchev–Trinajstić information content (AvgIpc) is 2.46. The first-order valence-electron chi connectivity index (χ1n) is 7.64. The van der Waals surface area contributed by atoms with E-state index in [-0.39, 0.29) is 6.42 Å². The number of rotatable bonds is 3. The number of hydrogen-bond acceptors (Lipinski definition) is 4. The third kappa shape index (κ3) is 3.45. The molecule has 0 amide bonds. The lowest BCUT2D eigenvalue weighted by atomic mass is 9.90. The topological polar surface area (TPSA) is 81.4 Å². The highest BCUT2D eigenvalue weighted by Crippen LogP contribution is 2.41. The second-order valence-corrected chi connectivity index (χ2v) is 8.24. The highest BCUT2D eigenvalue weighted by atomic mass is 32.2. The smallest absolute Gasteiger partial charge is 0.246 e. The third-order valence-electron chi connectivity index (χ3n) is 3.98. The first kappa shape index (κ1) is 17.6. The molecule has 3 N–H and O–H groups in total. The summed E-state index contributed by atoms with van der Waals surface area (Å²) in [6, 6.07) is 7.06. The van der Waals surface area contributed by atoms with E-state index in [1.165, 1.54) is 0 Å². The van der Waals surface area contributed by atoms with Gasteiger partial charge in [0.05, 0.1) is 6.04 Å². The van der Waals surface area contributed by atoms with E-state index in [9.17, 15) is 17.2 Å². The van der Waals surface area contributed by atoms with Crippen molar-refractivity contribution in [1.29, 1.82) is 0 Å². The minimum absolute atomic E-state index is 0.277. The molecule has 3 rings (SSSR count). The summed E-state index contributed by atoms with van der Waals surface area (Å²) >= 11 is 0. The fraction of sp³-hybridized carbons (Fsp3) is 0.294. The minimum Gasteiger partial charge on any atom is -0.487 e. The summed E-state index contributed by atoms with van der Waals surface area (Å²) in [6.07, 6.45) is 0.277. The monoisotopic (exact) mass is 368 g/mol. The van der Waals surface area contributed by atoms with Gasteiger partial charge in [-0.2, -0.15) is 0 Å². The van der Waals surface area contributed by atoms with Crippen LogP contribution in [-0.4, -0.2) is 14.0 Å². The van der Waals surface area contributed by atoms with Crippen molar-refractivity contribution in [1.82, 2.24) is 4.72 Å². The van der Waals surface area contributed by atoms with Crippen LogP contribution in [0.4, 0.5) is 14.5 Å². The maximum absolute atomic E-state index is 13.9. The molecule has 2 aromatic carbocycles. The van der Waals surface area contributed by atoms with E-state index < -0.39 is 38.2 Å². The molecule has 0 aliphatic carbocycles. The van der Waals surface area contributed by atoms with E-state index in [0.29, 0.717) is 17.0 Å². The van der Waals surface area contributed by atoms with Gasteiger partial charge in [-0.3, -0.25) is 0 Å². The van der Waals surface area contributed by atoms with Gasteiger partial charge in [-0.1, -0.05) is 6.07 Å².